The van der Waals surface area contributed by atoms with Gasteiger partial charge >= 0.3 is 0 Å². The molecule has 2 unspecified atom stereocenters. The van der Waals surface area contributed by atoms with Crippen molar-refractivity contribution in [3.8, 4) is 11.3 Å². The quantitative estimate of drug-likeness (QED) is 0.557. The van der Waals surface area contributed by atoms with Gasteiger partial charge in [-0.2, -0.15) is 5.10 Å². The van der Waals surface area contributed by atoms with Crippen LogP contribution in [0.5, 0.6) is 0 Å². The maximum atomic E-state index is 13.2. The van der Waals surface area contributed by atoms with Gasteiger partial charge in [0.1, 0.15) is 5.82 Å². The molecule has 0 saturated carbocycles. The number of carbonyl (C=O) groups excluding carboxylic acids is 1. The third kappa shape index (κ3) is 3.36. The minimum atomic E-state index is -0.331. The largest absolute Gasteiger partial charge is 0.346 e. The molecule has 0 bridgehead atoms. The molecule has 152 valence electrons. The van der Waals surface area contributed by atoms with Gasteiger partial charge in [0.05, 0.1) is 22.9 Å². The lowest BCUT2D eigenvalue weighted by molar-refractivity contribution is 0.0742. The van der Waals surface area contributed by atoms with Crippen LogP contribution < -0.4 is 0 Å². The molecular formula is C23H22FN5O. The van der Waals surface area contributed by atoms with Crippen LogP contribution in [-0.4, -0.2) is 43.1 Å². The Morgan fingerprint density at radius 1 is 1.20 bits per heavy atom. The molecule has 1 aliphatic rings. The fourth-order valence-electron chi connectivity index (χ4n) is 4.38. The molecule has 1 aromatic carbocycles. The third-order valence-corrected chi connectivity index (χ3v) is 5.89. The molecule has 0 radical (unpaired) electrons. The zero-order valence-electron chi connectivity index (χ0n) is 16.6. The van der Waals surface area contributed by atoms with E-state index in [1.807, 2.05) is 23.2 Å². The van der Waals surface area contributed by atoms with E-state index in [1.54, 1.807) is 18.3 Å². The number of halogens is 1. The second-order valence-corrected chi connectivity index (χ2v) is 7.97. The number of pyridine rings is 1. The number of nitrogens with one attached hydrogen (secondary N) is 1. The molecule has 1 amide bonds. The summed E-state index contributed by atoms with van der Waals surface area (Å²) in [5.41, 5.74) is 4.41. The summed E-state index contributed by atoms with van der Waals surface area (Å²) in [6.45, 7) is 3.60. The van der Waals surface area contributed by atoms with E-state index in [0.717, 1.165) is 35.3 Å². The lowest BCUT2D eigenvalue weighted by Crippen LogP contribution is -2.34. The first-order chi connectivity index (χ1) is 14.6. The van der Waals surface area contributed by atoms with Crippen LogP contribution >= 0.6 is 0 Å². The molecule has 6 nitrogen and oxygen atoms in total. The highest BCUT2D eigenvalue weighted by molar-refractivity contribution is 5.94. The van der Waals surface area contributed by atoms with E-state index in [9.17, 15) is 9.18 Å². The molecule has 1 aliphatic heterocycles. The first-order valence-corrected chi connectivity index (χ1v) is 10.1. The summed E-state index contributed by atoms with van der Waals surface area (Å²) >= 11 is 0. The van der Waals surface area contributed by atoms with Gasteiger partial charge in [0.2, 0.25) is 0 Å². The summed E-state index contributed by atoms with van der Waals surface area (Å²) in [6.07, 6.45) is 6.59. The fourth-order valence-corrected chi connectivity index (χ4v) is 4.38. The standard InChI is InChI=1S/C23H22FN5O/c1-15-10-16(14-29(15)23(30)17-2-4-19(24)5-3-17)13-28-9-8-21-22(28)7-6-20(27-21)18-11-25-26-12-18/h2-9,11-12,15-16H,10,13-14H2,1H3,(H,25,26). The Bertz CT molecular complexity index is 1180. The van der Waals surface area contributed by atoms with Gasteiger partial charge in [-0.05, 0) is 61.7 Å². The smallest absolute Gasteiger partial charge is 0.254 e. The number of benzene rings is 1. The van der Waals surface area contributed by atoms with E-state index in [4.69, 9.17) is 4.98 Å². The normalized spacial score (nSPS) is 18.9. The van der Waals surface area contributed by atoms with E-state index < -0.39 is 0 Å². The first kappa shape index (κ1) is 18.5. The number of fused-ring (bicyclic) bond motifs is 1. The second-order valence-electron chi connectivity index (χ2n) is 7.97. The SMILES string of the molecule is CC1CC(Cn2ccc3nc(-c4cn[nH]c4)ccc32)CN1C(=O)c1ccc(F)cc1. The monoisotopic (exact) mass is 403 g/mol. The van der Waals surface area contributed by atoms with E-state index >= 15 is 0 Å². The minimum absolute atomic E-state index is 0.0335. The summed E-state index contributed by atoms with van der Waals surface area (Å²) in [6, 6.07) is 12.1. The number of carbonyl (C=O) groups is 1. The molecular weight excluding hydrogens is 381 g/mol. The Kier molecular flexibility index (Phi) is 4.58. The number of nitrogens with zero attached hydrogens (tertiary/aromatic N) is 4. The number of aromatic amines is 1. The first-order valence-electron chi connectivity index (χ1n) is 10.1. The van der Waals surface area contributed by atoms with Gasteiger partial charge in [0, 0.05) is 42.7 Å². The van der Waals surface area contributed by atoms with E-state index in [2.05, 4.69) is 34.0 Å². The van der Waals surface area contributed by atoms with Crippen molar-refractivity contribution in [3.05, 3.63) is 72.4 Å². The Labute approximate surface area is 173 Å². The van der Waals surface area contributed by atoms with Crippen molar-refractivity contribution < 1.29 is 9.18 Å². The van der Waals surface area contributed by atoms with Crippen molar-refractivity contribution in [3.63, 3.8) is 0 Å². The topological polar surface area (TPSA) is 66.8 Å². The average molecular weight is 403 g/mol. The van der Waals surface area contributed by atoms with Crippen molar-refractivity contribution in [2.45, 2.75) is 25.9 Å². The van der Waals surface area contributed by atoms with Gasteiger partial charge in [0.15, 0.2) is 0 Å². The van der Waals surface area contributed by atoms with Crippen molar-refractivity contribution in [1.29, 1.82) is 0 Å². The van der Waals surface area contributed by atoms with Gasteiger partial charge in [-0.25, -0.2) is 9.37 Å². The zero-order valence-corrected chi connectivity index (χ0v) is 16.6. The number of aromatic nitrogens is 4. The Morgan fingerprint density at radius 2 is 2.03 bits per heavy atom. The molecule has 0 spiro atoms. The van der Waals surface area contributed by atoms with Crippen LogP contribution in [0.15, 0.2) is 61.1 Å². The number of hydrogen-bond donors (Lipinski definition) is 1. The molecule has 0 aliphatic carbocycles. The zero-order chi connectivity index (χ0) is 20.7. The maximum absolute atomic E-state index is 13.2. The van der Waals surface area contributed by atoms with Crippen LogP contribution in [0.2, 0.25) is 0 Å². The number of amides is 1. The summed E-state index contributed by atoms with van der Waals surface area (Å²) in [4.78, 5) is 19.5. The van der Waals surface area contributed by atoms with E-state index in [1.165, 1.54) is 12.1 Å². The van der Waals surface area contributed by atoms with Gasteiger partial charge in [-0.3, -0.25) is 9.89 Å². The van der Waals surface area contributed by atoms with Crippen LogP contribution in [0.25, 0.3) is 22.3 Å². The number of H-pyrrole nitrogens is 1. The Morgan fingerprint density at radius 3 is 2.80 bits per heavy atom. The highest BCUT2D eigenvalue weighted by Gasteiger charge is 2.33. The Hall–Kier alpha value is -3.48. The highest BCUT2D eigenvalue weighted by atomic mass is 19.1. The molecule has 1 saturated heterocycles. The van der Waals surface area contributed by atoms with Crippen LogP contribution in [0, 0.1) is 11.7 Å². The molecule has 30 heavy (non-hydrogen) atoms. The van der Waals surface area contributed by atoms with Crippen LogP contribution in [0.4, 0.5) is 4.39 Å². The maximum Gasteiger partial charge on any atom is 0.254 e. The lowest BCUT2D eigenvalue weighted by Gasteiger charge is -2.21. The minimum Gasteiger partial charge on any atom is -0.346 e. The molecule has 4 heterocycles. The van der Waals surface area contributed by atoms with Crippen molar-refractivity contribution in [2.24, 2.45) is 5.92 Å². The van der Waals surface area contributed by atoms with Crippen LogP contribution in [0.3, 0.4) is 0 Å². The second kappa shape index (κ2) is 7.40. The number of hydrogen-bond acceptors (Lipinski definition) is 3. The van der Waals surface area contributed by atoms with Gasteiger partial charge in [-0.15, -0.1) is 0 Å². The van der Waals surface area contributed by atoms with Crippen molar-refractivity contribution in [2.75, 3.05) is 6.54 Å². The summed E-state index contributed by atoms with van der Waals surface area (Å²) < 4.78 is 15.4. The van der Waals surface area contributed by atoms with Gasteiger partial charge in [-0.1, -0.05) is 0 Å². The Balaban J connectivity index is 1.32. The summed E-state index contributed by atoms with van der Waals surface area (Å²) in [7, 11) is 0. The molecule has 4 aromatic rings. The molecule has 1 fully saturated rings. The highest BCUT2D eigenvalue weighted by Crippen LogP contribution is 2.28. The summed E-state index contributed by atoms with van der Waals surface area (Å²) in [5, 5.41) is 6.80. The lowest BCUT2D eigenvalue weighted by atomic mass is 10.1. The molecule has 7 heteroatoms. The van der Waals surface area contributed by atoms with E-state index in [-0.39, 0.29) is 17.8 Å². The summed E-state index contributed by atoms with van der Waals surface area (Å²) in [5.74, 6) is -0.00903. The van der Waals surface area contributed by atoms with Crippen molar-refractivity contribution >= 4 is 16.9 Å². The molecule has 5 rings (SSSR count). The molecule has 2 atom stereocenters. The third-order valence-electron chi connectivity index (χ3n) is 5.89. The van der Waals surface area contributed by atoms with Gasteiger partial charge < -0.3 is 9.47 Å². The number of likely N-dealkylation sites (tertiary alicyclic amines) is 1. The predicted molar refractivity (Wildman–Crippen MR) is 112 cm³/mol. The van der Waals surface area contributed by atoms with Crippen molar-refractivity contribution in [1.82, 2.24) is 24.6 Å². The fraction of sp³-hybridized carbons (Fsp3) is 0.261. The number of rotatable bonds is 4. The van der Waals surface area contributed by atoms with Crippen LogP contribution in [0.1, 0.15) is 23.7 Å². The van der Waals surface area contributed by atoms with Crippen LogP contribution in [-0.2, 0) is 6.54 Å². The predicted octanol–water partition coefficient (Wildman–Crippen LogP) is 4.12. The molecule has 1 N–H and O–H groups in total. The van der Waals surface area contributed by atoms with E-state index in [0.29, 0.717) is 18.0 Å². The average Bonchev–Trinajstić information content (AvgIpc) is 3.49. The van der Waals surface area contributed by atoms with Gasteiger partial charge in [0.25, 0.3) is 5.91 Å². The molecule has 3 aromatic heterocycles.